The first-order chi connectivity index (χ1) is 5.86. The number of nitrogens with zero attached hydrogens (tertiary/aromatic N) is 1. The monoisotopic (exact) mass is 185 g/mol. The Morgan fingerprint density at radius 2 is 2.08 bits per heavy atom. The SMILES string of the molecule is Fc1ccc2ncsc2c1.NN. The highest BCUT2D eigenvalue weighted by atomic mass is 32.1. The minimum Gasteiger partial charge on any atom is -0.274 e. The van der Waals surface area contributed by atoms with Gasteiger partial charge in [-0.1, -0.05) is 0 Å². The molecule has 64 valence electrons. The van der Waals surface area contributed by atoms with Crippen molar-refractivity contribution in [2.24, 2.45) is 11.7 Å². The van der Waals surface area contributed by atoms with Crippen LogP contribution in [0.2, 0.25) is 0 Å². The first kappa shape index (κ1) is 9.05. The van der Waals surface area contributed by atoms with E-state index in [0.717, 1.165) is 10.2 Å². The first-order valence-corrected chi connectivity index (χ1v) is 4.06. The third kappa shape index (κ3) is 1.76. The standard InChI is InChI=1S/C7H4FNS.H4N2/c8-5-1-2-6-7(3-5)10-4-9-6;1-2/h1-4H;1-2H2. The Labute approximate surface area is 72.8 Å². The molecule has 12 heavy (non-hydrogen) atoms. The molecule has 2 aromatic rings. The molecule has 1 aromatic carbocycles. The van der Waals surface area contributed by atoms with Crippen molar-refractivity contribution in [2.75, 3.05) is 0 Å². The van der Waals surface area contributed by atoms with E-state index in [0.29, 0.717) is 0 Å². The molecule has 0 fully saturated rings. The van der Waals surface area contributed by atoms with Crippen molar-refractivity contribution in [2.45, 2.75) is 0 Å². The number of hydrazine groups is 1. The Kier molecular flexibility index (Phi) is 3.09. The van der Waals surface area contributed by atoms with Crippen molar-refractivity contribution >= 4 is 21.6 Å². The highest BCUT2D eigenvalue weighted by Gasteiger charge is 1.95. The predicted octanol–water partition coefficient (Wildman–Crippen LogP) is 1.25. The highest BCUT2D eigenvalue weighted by molar-refractivity contribution is 7.16. The molecule has 0 aliphatic rings. The molecule has 0 atom stereocenters. The maximum Gasteiger partial charge on any atom is 0.124 e. The van der Waals surface area contributed by atoms with Crippen molar-refractivity contribution < 1.29 is 4.39 Å². The number of thiazole rings is 1. The van der Waals surface area contributed by atoms with Crippen LogP contribution in [-0.2, 0) is 0 Å². The van der Waals surface area contributed by atoms with E-state index in [1.54, 1.807) is 11.6 Å². The molecule has 0 radical (unpaired) electrons. The van der Waals surface area contributed by atoms with Crippen molar-refractivity contribution in [3.63, 3.8) is 0 Å². The summed E-state index contributed by atoms with van der Waals surface area (Å²) in [5.41, 5.74) is 2.58. The molecule has 0 saturated carbocycles. The molecule has 0 aliphatic carbocycles. The van der Waals surface area contributed by atoms with Crippen LogP contribution in [0.5, 0.6) is 0 Å². The van der Waals surface area contributed by atoms with Gasteiger partial charge in [0.25, 0.3) is 0 Å². The molecule has 2 rings (SSSR count). The topological polar surface area (TPSA) is 64.9 Å². The third-order valence-corrected chi connectivity index (χ3v) is 2.09. The number of fused-ring (bicyclic) bond motifs is 1. The second kappa shape index (κ2) is 4.10. The number of benzene rings is 1. The number of halogens is 1. The van der Waals surface area contributed by atoms with Crippen molar-refractivity contribution in [1.29, 1.82) is 0 Å². The number of hydrogen-bond acceptors (Lipinski definition) is 4. The second-order valence-corrected chi connectivity index (χ2v) is 2.85. The van der Waals surface area contributed by atoms with Crippen LogP contribution in [0.25, 0.3) is 10.2 Å². The number of aromatic nitrogens is 1. The summed E-state index contributed by atoms with van der Waals surface area (Å²) >= 11 is 1.45. The van der Waals surface area contributed by atoms with E-state index >= 15 is 0 Å². The maximum absolute atomic E-state index is 12.5. The summed E-state index contributed by atoms with van der Waals surface area (Å²) < 4.78 is 13.4. The Morgan fingerprint density at radius 1 is 1.33 bits per heavy atom. The van der Waals surface area contributed by atoms with E-state index in [9.17, 15) is 4.39 Å². The lowest BCUT2D eigenvalue weighted by Gasteiger charge is -1.85. The number of hydrogen-bond donors (Lipinski definition) is 2. The van der Waals surface area contributed by atoms with E-state index in [1.165, 1.54) is 23.5 Å². The minimum absolute atomic E-state index is 0.197. The van der Waals surface area contributed by atoms with Crippen LogP contribution in [0.3, 0.4) is 0 Å². The normalized spacial score (nSPS) is 9.25. The van der Waals surface area contributed by atoms with Crippen molar-refractivity contribution in [3.05, 3.63) is 29.5 Å². The average molecular weight is 185 g/mol. The largest absolute Gasteiger partial charge is 0.274 e. The van der Waals surface area contributed by atoms with Gasteiger partial charge in [0, 0.05) is 0 Å². The lowest BCUT2D eigenvalue weighted by molar-refractivity contribution is 0.630. The van der Waals surface area contributed by atoms with Gasteiger partial charge in [0.1, 0.15) is 5.82 Å². The first-order valence-electron chi connectivity index (χ1n) is 3.18. The minimum atomic E-state index is -0.197. The fourth-order valence-corrected chi connectivity index (χ4v) is 1.53. The lowest BCUT2D eigenvalue weighted by atomic mass is 10.3. The van der Waals surface area contributed by atoms with Gasteiger partial charge < -0.3 is 0 Å². The van der Waals surface area contributed by atoms with Gasteiger partial charge in [-0.05, 0) is 18.2 Å². The lowest BCUT2D eigenvalue weighted by Crippen LogP contribution is -2.02. The quantitative estimate of drug-likeness (QED) is 0.479. The summed E-state index contributed by atoms with van der Waals surface area (Å²) in [5.74, 6) is 7.80. The molecule has 1 heterocycles. The second-order valence-electron chi connectivity index (χ2n) is 1.96. The van der Waals surface area contributed by atoms with Crippen molar-refractivity contribution in [3.8, 4) is 0 Å². The van der Waals surface area contributed by atoms with Gasteiger partial charge in [-0.25, -0.2) is 9.37 Å². The summed E-state index contributed by atoms with van der Waals surface area (Å²) in [4.78, 5) is 4.01. The molecule has 0 spiro atoms. The summed E-state index contributed by atoms with van der Waals surface area (Å²) in [6, 6.07) is 4.59. The van der Waals surface area contributed by atoms with Crippen LogP contribution in [0.15, 0.2) is 23.7 Å². The van der Waals surface area contributed by atoms with Gasteiger partial charge in [-0.15, -0.1) is 11.3 Å². The van der Waals surface area contributed by atoms with Gasteiger partial charge in [0.15, 0.2) is 0 Å². The predicted molar refractivity (Wildman–Crippen MR) is 48.0 cm³/mol. The van der Waals surface area contributed by atoms with Gasteiger partial charge >= 0.3 is 0 Å². The van der Waals surface area contributed by atoms with Gasteiger partial charge in [-0.2, -0.15) is 0 Å². The third-order valence-electron chi connectivity index (χ3n) is 1.29. The van der Waals surface area contributed by atoms with Crippen LogP contribution in [0, 0.1) is 5.82 Å². The molecule has 4 N–H and O–H groups in total. The summed E-state index contributed by atoms with van der Waals surface area (Å²) in [5, 5.41) is 0. The van der Waals surface area contributed by atoms with Crippen LogP contribution in [0.4, 0.5) is 4.39 Å². The summed E-state index contributed by atoms with van der Waals surface area (Å²) in [7, 11) is 0. The number of nitrogens with two attached hydrogens (primary N) is 2. The van der Waals surface area contributed by atoms with Gasteiger partial charge in [0.2, 0.25) is 0 Å². The molecule has 3 nitrogen and oxygen atoms in total. The summed E-state index contributed by atoms with van der Waals surface area (Å²) in [6.07, 6.45) is 0. The smallest absolute Gasteiger partial charge is 0.124 e. The molecule has 0 saturated heterocycles. The maximum atomic E-state index is 12.5. The van der Waals surface area contributed by atoms with Crippen molar-refractivity contribution in [1.82, 2.24) is 4.98 Å². The van der Waals surface area contributed by atoms with E-state index in [-0.39, 0.29) is 5.82 Å². The van der Waals surface area contributed by atoms with Crippen LogP contribution < -0.4 is 11.7 Å². The number of rotatable bonds is 0. The molecular weight excluding hydrogens is 177 g/mol. The van der Waals surface area contributed by atoms with E-state index in [4.69, 9.17) is 0 Å². The Hall–Kier alpha value is -1.04. The van der Waals surface area contributed by atoms with E-state index < -0.39 is 0 Å². The highest BCUT2D eigenvalue weighted by Crippen LogP contribution is 2.17. The molecular formula is C7H8FN3S. The zero-order chi connectivity index (χ0) is 8.97. The zero-order valence-corrected chi connectivity index (χ0v) is 7.01. The van der Waals surface area contributed by atoms with Crippen LogP contribution in [-0.4, -0.2) is 4.98 Å². The van der Waals surface area contributed by atoms with E-state index in [2.05, 4.69) is 16.7 Å². The molecule has 0 bridgehead atoms. The van der Waals surface area contributed by atoms with Gasteiger partial charge in [-0.3, -0.25) is 11.7 Å². The molecule has 0 amide bonds. The average Bonchev–Trinajstić information content (AvgIpc) is 2.54. The Morgan fingerprint density at radius 3 is 2.83 bits per heavy atom. The molecule has 1 aromatic heterocycles. The Bertz CT molecular complexity index is 360. The molecule has 0 aliphatic heterocycles. The molecule has 0 unspecified atom stereocenters. The van der Waals surface area contributed by atoms with Crippen LogP contribution >= 0.6 is 11.3 Å². The fraction of sp³-hybridized carbons (Fsp3) is 0. The summed E-state index contributed by atoms with van der Waals surface area (Å²) in [6.45, 7) is 0. The van der Waals surface area contributed by atoms with Crippen LogP contribution in [0.1, 0.15) is 0 Å². The molecule has 5 heteroatoms. The van der Waals surface area contributed by atoms with Gasteiger partial charge in [0.05, 0.1) is 15.7 Å². The van der Waals surface area contributed by atoms with E-state index in [1.807, 2.05) is 0 Å². The zero-order valence-electron chi connectivity index (χ0n) is 6.20. The Balaban J connectivity index is 0.000000336. The fourth-order valence-electron chi connectivity index (χ4n) is 0.829.